The number of aromatic nitrogens is 3. The Morgan fingerprint density at radius 1 is 0.973 bits per heavy atom. The minimum Gasteiger partial charge on any atom is -0.436 e. The molecular formula is C27H24Br2N6O2. The highest BCUT2D eigenvalue weighted by Gasteiger charge is 2.15. The monoisotopic (exact) mass is 622 g/mol. The van der Waals surface area contributed by atoms with Gasteiger partial charge in [-0.25, -0.2) is 4.79 Å². The fourth-order valence-corrected chi connectivity index (χ4v) is 4.52. The maximum absolute atomic E-state index is 12.8. The van der Waals surface area contributed by atoms with Crippen LogP contribution >= 0.6 is 31.9 Å². The number of aromatic amines is 1. The summed E-state index contributed by atoms with van der Waals surface area (Å²) in [5.74, 6) is 0.350. The Morgan fingerprint density at radius 2 is 1.65 bits per heavy atom. The van der Waals surface area contributed by atoms with Crippen molar-refractivity contribution in [2.75, 3.05) is 23.4 Å². The van der Waals surface area contributed by atoms with Crippen molar-refractivity contribution < 1.29 is 4.42 Å². The number of fused-ring (bicyclic) bond motifs is 1. The predicted molar refractivity (Wildman–Crippen MR) is 154 cm³/mol. The summed E-state index contributed by atoms with van der Waals surface area (Å²) in [5.41, 5.74) is 6.71. The fourth-order valence-electron chi connectivity index (χ4n) is 3.99. The van der Waals surface area contributed by atoms with E-state index in [1.54, 1.807) is 0 Å². The van der Waals surface area contributed by atoms with Gasteiger partial charge in [-0.05, 0) is 80.6 Å². The minimum absolute atomic E-state index is 0.295. The lowest BCUT2D eigenvalue weighted by molar-refractivity contribution is 0.542. The summed E-state index contributed by atoms with van der Waals surface area (Å²) < 4.78 is 9.50. The Hall–Kier alpha value is -3.63. The molecule has 10 heteroatoms. The molecule has 5 aromatic rings. The predicted octanol–water partition coefficient (Wildman–Crippen LogP) is 6.27. The summed E-state index contributed by atoms with van der Waals surface area (Å²) in [6.45, 7) is 6.01. The van der Waals surface area contributed by atoms with Crippen LogP contribution in [-0.4, -0.2) is 27.9 Å². The lowest BCUT2D eigenvalue weighted by atomic mass is 10.1. The Labute approximate surface area is 229 Å². The summed E-state index contributed by atoms with van der Waals surface area (Å²) in [6.07, 6.45) is 0. The highest BCUT2D eigenvalue weighted by Crippen LogP contribution is 2.24. The third-order valence-corrected chi connectivity index (χ3v) is 6.99. The van der Waals surface area contributed by atoms with Gasteiger partial charge in [0.2, 0.25) is 5.55 Å². The molecular weight excluding hydrogens is 600 g/mol. The Kier molecular flexibility index (Phi) is 7.29. The second kappa shape index (κ2) is 10.8. The summed E-state index contributed by atoms with van der Waals surface area (Å²) in [7, 11) is 0. The van der Waals surface area contributed by atoms with Crippen LogP contribution < -0.4 is 21.6 Å². The molecule has 188 valence electrons. The van der Waals surface area contributed by atoms with Gasteiger partial charge in [0.05, 0.1) is 16.9 Å². The van der Waals surface area contributed by atoms with Crippen molar-refractivity contribution in [3.63, 3.8) is 0 Å². The number of rotatable bonds is 7. The molecule has 0 bridgehead atoms. The van der Waals surface area contributed by atoms with Crippen LogP contribution in [0.4, 0.5) is 11.4 Å². The van der Waals surface area contributed by atoms with E-state index in [9.17, 15) is 4.79 Å². The van der Waals surface area contributed by atoms with Gasteiger partial charge in [0.1, 0.15) is 5.58 Å². The van der Waals surface area contributed by atoms with E-state index < -0.39 is 0 Å². The van der Waals surface area contributed by atoms with Crippen LogP contribution in [0.2, 0.25) is 0 Å². The highest BCUT2D eigenvalue weighted by molar-refractivity contribution is 9.10. The van der Waals surface area contributed by atoms with E-state index in [0.29, 0.717) is 28.2 Å². The van der Waals surface area contributed by atoms with Crippen molar-refractivity contribution >= 4 is 54.2 Å². The Morgan fingerprint density at radius 3 is 2.32 bits per heavy atom. The summed E-state index contributed by atoms with van der Waals surface area (Å²) >= 11 is 6.87. The van der Waals surface area contributed by atoms with Gasteiger partial charge in [-0.1, -0.05) is 31.9 Å². The van der Waals surface area contributed by atoms with Gasteiger partial charge in [-0.2, -0.15) is 4.68 Å². The lowest BCUT2D eigenvalue weighted by Gasteiger charge is -2.21. The van der Waals surface area contributed by atoms with Gasteiger partial charge < -0.3 is 9.32 Å². The third kappa shape index (κ3) is 5.40. The molecule has 0 amide bonds. The van der Waals surface area contributed by atoms with E-state index in [4.69, 9.17) is 4.42 Å². The van der Waals surface area contributed by atoms with Crippen LogP contribution in [0.15, 0.2) is 96.1 Å². The van der Waals surface area contributed by atoms with Crippen LogP contribution in [0.5, 0.6) is 0 Å². The highest BCUT2D eigenvalue weighted by atomic mass is 79.9. The quantitative estimate of drug-likeness (QED) is 0.208. The van der Waals surface area contributed by atoms with Crippen molar-refractivity contribution in [3.8, 4) is 17.1 Å². The standard InChI is InChI=1S/C27H24Br2N6O2/c1-3-34(4-2)22-12-5-17-15-23(25-30-27(36)35(33-25)21-13-8-19(29)9-14-21)26(37-24(17)16-22)32-31-20-10-6-18(28)7-11-20/h5-16,31H,3-4H2,1-2H3,(H,30,33,36)/b32-26+. The van der Waals surface area contributed by atoms with Crippen molar-refractivity contribution in [2.24, 2.45) is 5.10 Å². The second-order valence-corrected chi connectivity index (χ2v) is 10.1. The maximum atomic E-state index is 12.8. The molecule has 2 N–H and O–H groups in total. The summed E-state index contributed by atoms with van der Waals surface area (Å²) in [4.78, 5) is 17.9. The molecule has 0 atom stereocenters. The van der Waals surface area contributed by atoms with Crippen LogP contribution in [0.25, 0.3) is 28.0 Å². The first-order valence-corrected chi connectivity index (χ1v) is 13.4. The van der Waals surface area contributed by atoms with E-state index in [1.807, 2.05) is 66.7 Å². The van der Waals surface area contributed by atoms with Gasteiger partial charge in [-0.3, -0.25) is 10.4 Å². The average molecular weight is 624 g/mol. The summed E-state index contributed by atoms with van der Waals surface area (Å²) in [6, 6.07) is 23.0. The van der Waals surface area contributed by atoms with Gasteiger partial charge in [-0.15, -0.1) is 10.2 Å². The molecule has 2 aromatic heterocycles. The molecule has 0 unspecified atom stereocenters. The maximum Gasteiger partial charge on any atom is 0.348 e. The van der Waals surface area contributed by atoms with Gasteiger partial charge in [0.25, 0.3) is 0 Å². The van der Waals surface area contributed by atoms with E-state index in [0.717, 1.165) is 38.8 Å². The van der Waals surface area contributed by atoms with Gasteiger partial charge in [0, 0.05) is 39.2 Å². The molecule has 37 heavy (non-hydrogen) atoms. The number of halogens is 2. The van der Waals surface area contributed by atoms with Crippen LogP contribution in [0.3, 0.4) is 0 Å². The first kappa shape index (κ1) is 25.0. The number of hydrogen-bond acceptors (Lipinski definition) is 6. The molecule has 0 fully saturated rings. The zero-order chi connectivity index (χ0) is 25.9. The molecule has 3 aromatic carbocycles. The topological polar surface area (TPSA) is 91.5 Å². The Bertz CT molecular complexity index is 1670. The SMILES string of the molecule is CCN(CC)c1ccc2cc(-c3nn(-c4ccc(Br)cc4)c(=O)[nH]3)/c(=N\Nc3ccc(Br)cc3)oc2c1. The van der Waals surface area contributed by atoms with Crippen LogP contribution in [0.1, 0.15) is 13.8 Å². The number of H-pyrrole nitrogens is 1. The largest absolute Gasteiger partial charge is 0.436 e. The van der Waals surface area contributed by atoms with E-state index in [1.165, 1.54) is 4.68 Å². The fraction of sp³-hybridized carbons (Fsp3) is 0.148. The zero-order valence-corrected chi connectivity index (χ0v) is 23.4. The average Bonchev–Trinajstić information content (AvgIpc) is 3.30. The first-order valence-electron chi connectivity index (χ1n) is 11.8. The van der Waals surface area contributed by atoms with Crippen molar-refractivity contribution in [1.29, 1.82) is 0 Å². The van der Waals surface area contributed by atoms with Gasteiger partial charge in [0.15, 0.2) is 5.82 Å². The van der Waals surface area contributed by atoms with E-state index >= 15 is 0 Å². The van der Waals surface area contributed by atoms with Crippen molar-refractivity contribution in [2.45, 2.75) is 13.8 Å². The molecule has 0 saturated heterocycles. The van der Waals surface area contributed by atoms with E-state index in [2.05, 4.69) is 77.3 Å². The normalized spacial score (nSPS) is 11.7. The molecule has 0 saturated carbocycles. The molecule has 5 rings (SSSR count). The molecule has 2 heterocycles. The number of anilines is 2. The van der Waals surface area contributed by atoms with Crippen molar-refractivity contribution in [1.82, 2.24) is 14.8 Å². The van der Waals surface area contributed by atoms with Crippen LogP contribution in [-0.2, 0) is 0 Å². The molecule has 8 nitrogen and oxygen atoms in total. The zero-order valence-electron chi connectivity index (χ0n) is 20.2. The molecule has 0 aliphatic rings. The molecule has 0 aliphatic heterocycles. The molecule has 0 radical (unpaired) electrons. The van der Waals surface area contributed by atoms with E-state index in [-0.39, 0.29) is 5.69 Å². The summed E-state index contributed by atoms with van der Waals surface area (Å²) in [5, 5.41) is 9.97. The second-order valence-electron chi connectivity index (χ2n) is 8.26. The third-order valence-electron chi connectivity index (χ3n) is 5.94. The minimum atomic E-state index is -0.360. The lowest BCUT2D eigenvalue weighted by Crippen LogP contribution is -2.21. The number of hydrogen-bond donors (Lipinski definition) is 2. The Balaban J connectivity index is 1.65. The van der Waals surface area contributed by atoms with Crippen LogP contribution in [0, 0.1) is 0 Å². The van der Waals surface area contributed by atoms with Crippen molar-refractivity contribution in [3.05, 3.63) is 97.8 Å². The molecule has 0 aliphatic carbocycles. The van der Waals surface area contributed by atoms with Gasteiger partial charge >= 0.3 is 5.69 Å². The number of nitrogens with zero attached hydrogens (tertiary/aromatic N) is 4. The number of nitrogens with one attached hydrogen (secondary N) is 2. The number of benzene rings is 3. The smallest absolute Gasteiger partial charge is 0.348 e. The molecule has 0 spiro atoms. The first-order chi connectivity index (χ1) is 17.9.